The van der Waals surface area contributed by atoms with Crippen LogP contribution >= 0.6 is 0 Å². The van der Waals surface area contributed by atoms with Crippen molar-refractivity contribution in [1.29, 1.82) is 5.26 Å². The highest BCUT2D eigenvalue weighted by molar-refractivity contribution is 5.68. The van der Waals surface area contributed by atoms with Crippen molar-refractivity contribution in [3.05, 3.63) is 54.6 Å². The first-order chi connectivity index (χ1) is 21.6. The van der Waals surface area contributed by atoms with E-state index in [4.69, 9.17) is 19.2 Å². The van der Waals surface area contributed by atoms with E-state index in [-0.39, 0.29) is 6.10 Å². The van der Waals surface area contributed by atoms with Gasteiger partial charge in [0.05, 0.1) is 32.4 Å². The Kier molecular flexibility index (Phi) is 9.04. The number of nitrogens with zero attached hydrogens (tertiary/aromatic N) is 10. The highest BCUT2D eigenvalue weighted by Gasteiger charge is 2.27. The Hall–Kier alpha value is -4.87. The van der Waals surface area contributed by atoms with Gasteiger partial charge in [-0.3, -0.25) is 4.90 Å². The molecular weight excluding hydrogens is 562 g/mol. The average Bonchev–Trinajstić information content (AvgIpc) is 3.58. The Morgan fingerprint density at radius 3 is 2.57 bits per heavy atom. The monoisotopic (exact) mass is 597 g/mol. The van der Waals surface area contributed by atoms with Gasteiger partial charge in [0.15, 0.2) is 0 Å². The Morgan fingerprint density at radius 2 is 1.86 bits per heavy atom. The van der Waals surface area contributed by atoms with Gasteiger partial charge in [0.25, 0.3) is 0 Å². The van der Waals surface area contributed by atoms with Crippen LogP contribution in [0.15, 0.2) is 49.1 Å². The molecule has 228 valence electrons. The highest BCUT2D eigenvalue weighted by atomic mass is 16.5. The normalized spacial score (nSPS) is 16.7. The predicted octanol–water partition coefficient (Wildman–Crippen LogP) is 2.92. The van der Waals surface area contributed by atoms with E-state index in [0.29, 0.717) is 41.4 Å². The van der Waals surface area contributed by atoms with Crippen LogP contribution in [0, 0.1) is 11.3 Å². The molecule has 1 atom stereocenters. The number of rotatable bonds is 10. The zero-order chi connectivity index (χ0) is 30.3. The number of hydrogen-bond acceptors (Lipinski definition) is 13. The number of aromatic nitrogens is 7. The average molecular weight is 598 g/mol. The molecule has 2 saturated heterocycles. The van der Waals surface area contributed by atoms with Gasteiger partial charge in [0.1, 0.15) is 35.8 Å². The van der Waals surface area contributed by atoms with Crippen molar-refractivity contribution in [2.45, 2.75) is 38.5 Å². The summed E-state index contributed by atoms with van der Waals surface area (Å²) >= 11 is 0. The number of nitrogens with one attached hydrogen (secondary N) is 1. The molecule has 6 rings (SSSR count). The first-order valence-electron chi connectivity index (χ1n) is 14.7. The number of pyridine rings is 1. The Balaban J connectivity index is 1.10. The topological polar surface area (TPSA) is 152 Å². The maximum absolute atomic E-state index is 9.60. The second kappa shape index (κ2) is 13.6. The molecule has 3 aromatic heterocycles. The predicted molar refractivity (Wildman–Crippen MR) is 162 cm³/mol. The summed E-state index contributed by atoms with van der Waals surface area (Å²) < 4.78 is 18.8. The summed E-state index contributed by atoms with van der Waals surface area (Å²) in [5, 5.41) is 24.0. The second-order valence-corrected chi connectivity index (χ2v) is 10.8. The summed E-state index contributed by atoms with van der Waals surface area (Å²) in [5.41, 5.74) is 2.71. The summed E-state index contributed by atoms with van der Waals surface area (Å²) in [6, 6.07) is 12.1. The van der Waals surface area contributed by atoms with Crippen LogP contribution in [0.1, 0.15) is 25.3 Å². The first-order valence-corrected chi connectivity index (χ1v) is 14.7. The number of morpholine rings is 1. The minimum atomic E-state index is -0.263. The SMILES string of the molecule is COc1nc(N2CCC(N3CCOCC3)CC2)ccc1Nc1ncc(-c2ccc(C#N)c(OC(C)Cn3cnnn3)c2)cn1. The Bertz CT molecular complexity index is 1560. The van der Waals surface area contributed by atoms with Crippen molar-refractivity contribution in [3.8, 4) is 28.8 Å². The van der Waals surface area contributed by atoms with Crippen LogP contribution in [-0.2, 0) is 11.3 Å². The molecule has 0 saturated carbocycles. The van der Waals surface area contributed by atoms with Gasteiger partial charge < -0.3 is 24.4 Å². The van der Waals surface area contributed by atoms with E-state index >= 15 is 0 Å². The molecule has 14 heteroatoms. The van der Waals surface area contributed by atoms with Crippen LogP contribution in [0.5, 0.6) is 11.6 Å². The molecule has 2 fully saturated rings. The van der Waals surface area contributed by atoms with Gasteiger partial charge in [-0.15, -0.1) is 5.10 Å². The van der Waals surface area contributed by atoms with Gasteiger partial charge in [-0.1, -0.05) is 6.07 Å². The van der Waals surface area contributed by atoms with Gasteiger partial charge in [-0.2, -0.15) is 10.2 Å². The van der Waals surface area contributed by atoms with Gasteiger partial charge in [-0.25, -0.2) is 14.6 Å². The molecule has 1 aromatic carbocycles. The van der Waals surface area contributed by atoms with Crippen molar-refractivity contribution in [1.82, 2.24) is 40.1 Å². The lowest BCUT2D eigenvalue weighted by Crippen LogP contribution is -2.49. The Labute approximate surface area is 255 Å². The molecule has 14 nitrogen and oxygen atoms in total. The molecular formula is C30H35N11O3. The number of hydrogen-bond donors (Lipinski definition) is 1. The summed E-state index contributed by atoms with van der Waals surface area (Å²) in [6.45, 7) is 7.94. The van der Waals surface area contributed by atoms with Crippen LogP contribution in [0.2, 0.25) is 0 Å². The zero-order valence-electron chi connectivity index (χ0n) is 24.8. The number of nitriles is 1. The van der Waals surface area contributed by atoms with Crippen molar-refractivity contribution in [3.63, 3.8) is 0 Å². The van der Waals surface area contributed by atoms with Crippen molar-refractivity contribution >= 4 is 17.5 Å². The zero-order valence-corrected chi connectivity index (χ0v) is 24.8. The lowest BCUT2D eigenvalue weighted by molar-refractivity contribution is 0.0114. The standard InChI is InChI=1S/C30H35N11O3/c1-21(19-41-20-34-37-38-41)44-27-15-22(3-4-23(27)16-31)24-17-32-30(33-18-24)35-26-5-6-28(36-29(26)42-2)40-9-7-25(8-10-40)39-11-13-43-14-12-39/h3-6,15,17-18,20-21,25H,7-14,19H2,1-2H3,(H,32,33,35). The smallest absolute Gasteiger partial charge is 0.239 e. The molecule has 4 aromatic rings. The number of methoxy groups -OCH3 is 1. The number of tetrazole rings is 1. The van der Waals surface area contributed by atoms with E-state index in [1.807, 2.05) is 31.2 Å². The third kappa shape index (κ3) is 6.85. The van der Waals surface area contributed by atoms with Crippen LogP contribution in [0.3, 0.4) is 0 Å². The van der Waals surface area contributed by atoms with Crippen molar-refractivity contribution in [2.24, 2.45) is 0 Å². The molecule has 1 N–H and O–H groups in total. The summed E-state index contributed by atoms with van der Waals surface area (Å²) in [5.74, 6) is 2.26. The quantitative estimate of drug-likeness (QED) is 0.285. The fourth-order valence-corrected chi connectivity index (χ4v) is 5.60. The minimum absolute atomic E-state index is 0.263. The molecule has 44 heavy (non-hydrogen) atoms. The summed E-state index contributed by atoms with van der Waals surface area (Å²) in [4.78, 5) is 18.7. The summed E-state index contributed by atoms with van der Waals surface area (Å²) in [6.07, 6.45) is 6.91. The summed E-state index contributed by atoms with van der Waals surface area (Å²) in [7, 11) is 1.61. The van der Waals surface area contributed by atoms with Gasteiger partial charge >= 0.3 is 0 Å². The fraction of sp³-hybridized carbons (Fsp3) is 0.433. The van der Waals surface area contributed by atoms with Gasteiger partial charge in [0, 0.05) is 50.2 Å². The molecule has 2 aliphatic rings. The largest absolute Gasteiger partial charge is 0.487 e. The van der Waals surface area contributed by atoms with Crippen LogP contribution < -0.4 is 19.7 Å². The van der Waals surface area contributed by atoms with E-state index in [0.717, 1.165) is 69.2 Å². The second-order valence-electron chi connectivity index (χ2n) is 10.8. The third-order valence-corrected chi connectivity index (χ3v) is 7.89. The highest BCUT2D eigenvalue weighted by Crippen LogP contribution is 2.31. The third-order valence-electron chi connectivity index (χ3n) is 7.89. The van der Waals surface area contributed by atoms with Crippen LogP contribution in [-0.4, -0.2) is 98.7 Å². The molecule has 5 heterocycles. The minimum Gasteiger partial charge on any atom is -0.487 e. The molecule has 0 bridgehead atoms. The Morgan fingerprint density at radius 1 is 1.07 bits per heavy atom. The number of anilines is 3. The molecule has 0 spiro atoms. The molecule has 2 aliphatic heterocycles. The molecule has 0 amide bonds. The van der Waals surface area contributed by atoms with E-state index in [1.165, 1.54) is 6.33 Å². The maximum atomic E-state index is 9.60. The molecule has 0 aliphatic carbocycles. The molecule has 0 radical (unpaired) electrons. The first kappa shape index (κ1) is 29.2. The fourth-order valence-electron chi connectivity index (χ4n) is 5.60. The van der Waals surface area contributed by atoms with Crippen molar-refractivity contribution in [2.75, 3.05) is 56.7 Å². The van der Waals surface area contributed by atoms with Crippen molar-refractivity contribution < 1.29 is 14.2 Å². The van der Waals surface area contributed by atoms with Gasteiger partial charge in [-0.05, 0) is 60.0 Å². The van der Waals surface area contributed by atoms with Gasteiger partial charge in [0.2, 0.25) is 11.8 Å². The molecule has 1 unspecified atom stereocenters. The van der Waals surface area contributed by atoms with E-state index in [1.54, 1.807) is 30.3 Å². The maximum Gasteiger partial charge on any atom is 0.239 e. The number of ether oxygens (including phenoxy) is 3. The lowest BCUT2D eigenvalue weighted by Gasteiger charge is -2.40. The van der Waals surface area contributed by atoms with E-state index in [9.17, 15) is 5.26 Å². The lowest BCUT2D eigenvalue weighted by atomic mass is 10.0. The van der Waals surface area contributed by atoms with Crippen LogP contribution in [0.4, 0.5) is 17.5 Å². The number of benzene rings is 1. The van der Waals surface area contributed by atoms with E-state index in [2.05, 4.69) is 46.7 Å². The van der Waals surface area contributed by atoms with E-state index < -0.39 is 0 Å². The number of piperidine rings is 1. The van der Waals surface area contributed by atoms with Crippen LogP contribution in [0.25, 0.3) is 11.1 Å².